The lowest BCUT2D eigenvalue weighted by Gasteiger charge is -2.08. The molecule has 0 atom stereocenters. The maximum Gasteiger partial charge on any atom is 0.352 e. The van der Waals surface area contributed by atoms with E-state index in [0.29, 0.717) is 25.1 Å². The molecule has 170 valence electrons. The molecule has 0 spiro atoms. The lowest BCUT2D eigenvalue weighted by atomic mass is 9.99. The zero-order chi connectivity index (χ0) is 23.7. The molecule has 0 unspecified atom stereocenters. The number of aromatic carboxylic acids is 1. The van der Waals surface area contributed by atoms with E-state index in [1.807, 2.05) is 31.2 Å². The fraction of sp³-hybridized carbons (Fsp3) is 0.273. The summed E-state index contributed by atoms with van der Waals surface area (Å²) in [5, 5.41) is 21.5. The van der Waals surface area contributed by atoms with E-state index in [1.165, 1.54) is 0 Å². The molecule has 32 heavy (non-hydrogen) atoms. The zero-order valence-electron chi connectivity index (χ0n) is 17.6. The van der Waals surface area contributed by atoms with Crippen molar-refractivity contribution in [2.24, 2.45) is 5.73 Å². The smallest absolute Gasteiger partial charge is 0.352 e. The van der Waals surface area contributed by atoms with Crippen LogP contribution < -0.4 is 22.3 Å². The van der Waals surface area contributed by atoms with Crippen LogP contribution in [0.4, 0.5) is 0 Å². The molecule has 0 aliphatic carbocycles. The van der Waals surface area contributed by atoms with Crippen molar-refractivity contribution in [2.75, 3.05) is 19.7 Å². The van der Waals surface area contributed by atoms with Crippen molar-refractivity contribution in [3.63, 3.8) is 0 Å². The summed E-state index contributed by atoms with van der Waals surface area (Å²) in [5.41, 5.74) is 4.35. The summed E-state index contributed by atoms with van der Waals surface area (Å²) in [5.74, 6) is -1.48. The fourth-order valence-electron chi connectivity index (χ4n) is 3.06. The molecule has 2 aromatic carbocycles. The van der Waals surface area contributed by atoms with Crippen molar-refractivity contribution in [3.05, 3.63) is 79.6 Å². The van der Waals surface area contributed by atoms with Crippen LogP contribution in [-0.2, 0) is 12.8 Å². The van der Waals surface area contributed by atoms with Crippen LogP contribution >= 0.6 is 0 Å². The molecule has 0 aliphatic heterocycles. The SMILES string of the molecule is CCNC(=O)c1ccc2cc(CCc3c(C(=O)O)[nH]c(=O)[nH]c3=O)ccc2c1.NCCO. The number of hydrogen-bond acceptors (Lipinski definition) is 6. The number of aromatic amines is 2. The number of aliphatic hydroxyl groups excluding tert-OH is 1. The number of nitrogens with two attached hydrogens (primary N) is 1. The predicted octanol–water partition coefficient (Wildman–Crippen LogP) is 0.387. The average Bonchev–Trinajstić information content (AvgIpc) is 2.77. The summed E-state index contributed by atoms with van der Waals surface area (Å²) in [6.07, 6.45) is 0.583. The molecule has 3 rings (SSSR count). The highest BCUT2D eigenvalue weighted by Gasteiger charge is 2.15. The van der Waals surface area contributed by atoms with Gasteiger partial charge in [-0.1, -0.05) is 24.3 Å². The van der Waals surface area contributed by atoms with Crippen LogP contribution in [0.2, 0.25) is 0 Å². The average molecular weight is 442 g/mol. The van der Waals surface area contributed by atoms with Crippen molar-refractivity contribution in [3.8, 4) is 0 Å². The van der Waals surface area contributed by atoms with Gasteiger partial charge in [0, 0.05) is 24.2 Å². The molecule has 0 aliphatic rings. The van der Waals surface area contributed by atoms with Crippen molar-refractivity contribution < 1.29 is 19.8 Å². The summed E-state index contributed by atoms with van der Waals surface area (Å²) < 4.78 is 0. The van der Waals surface area contributed by atoms with Crippen molar-refractivity contribution >= 4 is 22.6 Å². The predicted molar refractivity (Wildman–Crippen MR) is 120 cm³/mol. The van der Waals surface area contributed by atoms with E-state index in [0.717, 1.165) is 16.3 Å². The second-order valence-corrected chi connectivity index (χ2v) is 6.83. The maximum atomic E-state index is 12.0. The molecule has 1 aromatic heterocycles. The number of benzene rings is 2. The number of carbonyl (C=O) groups is 2. The molecule has 1 amide bonds. The number of nitrogens with one attached hydrogen (secondary N) is 3. The van der Waals surface area contributed by atoms with Gasteiger partial charge in [-0.15, -0.1) is 0 Å². The Morgan fingerprint density at radius 1 is 1.03 bits per heavy atom. The van der Waals surface area contributed by atoms with Crippen molar-refractivity contribution in [1.29, 1.82) is 0 Å². The number of rotatable bonds is 7. The van der Waals surface area contributed by atoms with Gasteiger partial charge < -0.3 is 26.2 Å². The monoisotopic (exact) mass is 442 g/mol. The van der Waals surface area contributed by atoms with Crippen LogP contribution in [0.5, 0.6) is 0 Å². The Hall–Kier alpha value is -3.76. The molecular weight excluding hydrogens is 416 g/mol. The molecule has 0 saturated heterocycles. The lowest BCUT2D eigenvalue weighted by molar-refractivity contribution is 0.0688. The number of amides is 1. The van der Waals surface area contributed by atoms with Gasteiger partial charge in [0.1, 0.15) is 5.69 Å². The van der Waals surface area contributed by atoms with E-state index < -0.39 is 17.2 Å². The van der Waals surface area contributed by atoms with Gasteiger partial charge in [-0.05, 0) is 48.2 Å². The maximum absolute atomic E-state index is 12.0. The lowest BCUT2D eigenvalue weighted by Crippen LogP contribution is -2.30. The largest absolute Gasteiger partial charge is 0.477 e. The first-order valence-electron chi connectivity index (χ1n) is 10.0. The number of fused-ring (bicyclic) bond motifs is 1. The number of H-pyrrole nitrogens is 2. The highest BCUT2D eigenvalue weighted by Crippen LogP contribution is 2.19. The van der Waals surface area contributed by atoms with Gasteiger partial charge >= 0.3 is 11.7 Å². The molecular formula is C22H26N4O6. The van der Waals surface area contributed by atoms with E-state index >= 15 is 0 Å². The summed E-state index contributed by atoms with van der Waals surface area (Å²) in [4.78, 5) is 50.7. The van der Waals surface area contributed by atoms with Gasteiger partial charge in [0.25, 0.3) is 11.5 Å². The summed E-state index contributed by atoms with van der Waals surface area (Å²) in [7, 11) is 0. The molecule has 7 N–H and O–H groups in total. The van der Waals surface area contributed by atoms with Crippen LogP contribution in [0.3, 0.4) is 0 Å². The third-order valence-electron chi connectivity index (χ3n) is 4.55. The highest BCUT2D eigenvalue weighted by atomic mass is 16.4. The number of carboxylic acids is 1. The summed E-state index contributed by atoms with van der Waals surface area (Å²) >= 11 is 0. The Morgan fingerprint density at radius 3 is 2.31 bits per heavy atom. The van der Waals surface area contributed by atoms with Gasteiger partial charge in [0.15, 0.2) is 0 Å². The quantitative estimate of drug-likeness (QED) is 0.306. The molecule has 0 radical (unpaired) electrons. The fourth-order valence-corrected chi connectivity index (χ4v) is 3.06. The van der Waals surface area contributed by atoms with Crippen LogP contribution in [0.1, 0.15) is 38.9 Å². The second-order valence-electron chi connectivity index (χ2n) is 6.83. The first kappa shape index (κ1) is 24.5. The number of hydrogen-bond donors (Lipinski definition) is 6. The first-order chi connectivity index (χ1) is 15.3. The second kappa shape index (κ2) is 11.6. The third kappa shape index (κ3) is 6.37. The Kier molecular flexibility index (Phi) is 8.87. The van der Waals surface area contributed by atoms with Crippen LogP contribution in [0.15, 0.2) is 46.0 Å². The van der Waals surface area contributed by atoms with Crippen LogP contribution in [0, 0.1) is 0 Å². The minimum atomic E-state index is -1.35. The molecule has 10 nitrogen and oxygen atoms in total. The van der Waals surface area contributed by atoms with Gasteiger partial charge in [-0.3, -0.25) is 14.6 Å². The van der Waals surface area contributed by atoms with E-state index in [-0.39, 0.29) is 30.2 Å². The molecule has 0 saturated carbocycles. The molecule has 10 heteroatoms. The molecule has 0 fully saturated rings. The number of aliphatic hydroxyl groups is 1. The number of carbonyl (C=O) groups excluding carboxylic acids is 1. The molecule has 3 aromatic rings. The molecule has 1 heterocycles. The highest BCUT2D eigenvalue weighted by molar-refractivity contribution is 5.98. The topological polar surface area (TPSA) is 178 Å². The van der Waals surface area contributed by atoms with E-state index in [2.05, 4.69) is 15.3 Å². The number of carboxylic acid groups (broad SMARTS) is 1. The van der Waals surface area contributed by atoms with E-state index in [9.17, 15) is 24.3 Å². The first-order valence-corrected chi connectivity index (χ1v) is 10.0. The van der Waals surface area contributed by atoms with E-state index in [1.54, 1.807) is 12.1 Å². The summed E-state index contributed by atoms with van der Waals surface area (Å²) in [6.45, 7) is 2.88. The molecule has 0 bridgehead atoms. The standard InChI is InChI=1S/C20H19N3O5.C2H7NO/c1-2-21-17(24)14-7-6-12-9-11(3-5-13(12)10-14)4-8-15-16(19(26)27)22-20(28)23-18(15)25;3-1-2-4/h3,5-7,9-10H,2,4,8H2,1H3,(H,21,24)(H,26,27)(H2,22,23,25,28);4H,1-3H2. The third-order valence-corrected chi connectivity index (χ3v) is 4.55. The van der Waals surface area contributed by atoms with Gasteiger partial charge in [-0.25, -0.2) is 9.59 Å². The van der Waals surface area contributed by atoms with Crippen molar-refractivity contribution in [1.82, 2.24) is 15.3 Å². The minimum absolute atomic E-state index is 0.0266. The van der Waals surface area contributed by atoms with Crippen molar-refractivity contribution in [2.45, 2.75) is 19.8 Å². The van der Waals surface area contributed by atoms with Crippen LogP contribution in [-0.4, -0.2) is 51.8 Å². The summed E-state index contributed by atoms with van der Waals surface area (Å²) in [6, 6.07) is 11.1. The Balaban J connectivity index is 0.000000837. The van der Waals surface area contributed by atoms with Gasteiger partial charge in [0.05, 0.1) is 6.61 Å². The Morgan fingerprint density at radius 2 is 1.69 bits per heavy atom. The minimum Gasteiger partial charge on any atom is -0.477 e. The number of aryl methyl sites for hydroxylation is 1. The van der Waals surface area contributed by atoms with Gasteiger partial charge in [0.2, 0.25) is 0 Å². The Bertz CT molecular complexity index is 1210. The number of aromatic nitrogens is 2. The Labute approximate surface area is 183 Å². The zero-order valence-corrected chi connectivity index (χ0v) is 17.6. The normalized spacial score (nSPS) is 10.3. The van der Waals surface area contributed by atoms with Crippen LogP contribution in [0.25, 0.3) is 10.8 Å². The van der Waals surface area contributed by atoms with Gasteiger partial charge in [-0.2, -0.15) is 0 Å². The van der Waals surface area contributed by atoms with E-state index in [4.69, 9.17) is 10.8 Å².